The number of nitrogens with one attached hydrogen (secondary N) is 2. The molecule has 23 heavy (non-hydrogen) atoms. The molecule has 0 fully saturated rings. The van der Waals surface area contributed by atoms with Gasteiger partial charge < -0.3 is 15.0 Å². The molecule has 0 saturated heterocycles. The van der Waals surface area contributed by atoms with Crippen LogP contribution in [0.15, 0.2) is 48.8 Å². The molecule has 0 saturated carbocycles. The number of carbonyl (C=O) groups excluding carboxylic acids is 1. The molecule has 0 aliphatic heterocycles. The van der Waals surface area contributed by atoms with Crippen LogP contribution in [0, 0.1) is 0 Å². The van der Waals surface area contributed by atoms with Gasteiger partial charge in [0.25, 0.3) is 5.91 Å². The van der Waals surface area contributed by atoms with E-state index in [0.717, 1.165) is 22.3 Å². The molecule has 0 aliphatic carbocycles. The maximum absolute atomic E-state index is 12.2. The van der Waals surface area contributed by atoms with Gasteiger partial charge in [-0.1, -0.05) is 12.1 Å². The first-order valence-electron chi connectivity index (χ1n) is 7.59. The van der Waals surface area contributed by atoms with Crippen molar-refractivity contribution in [1.82, 2.24) is 15.3 Å². The summed E-state index contributed by atoms with van der Waals surface area (Å²) in [5.41, 5.74) is 3.34. The van der Waals surface area contributed by atoms with Crippen LogP contribution in [0.3, 0.4) is 0 Å². The second-order valence-corrected chi connectivity index (χ2v) is 5.63. The topological polar surface area (TPSA) is 67.0 Å². The van der Waals surface area contributed by atoms with Crippen molar-refractivity contribution < 1.29 is 9.53 Å². The van der Waals surface area contributed by atoms with E-state index in [9.17, 15) is 4.79 Å². The lowest BCUT2D eigenvalue weighted by Crippen LogP contribution is -2.22. The van der Waals surface area contributed by atoms with Gasteiger partial charge in [-0.2, -0.15) is 0 Å². The summed E-state index contributed by atoms with van der Waals surface area (Å²) in [6.07, 6.45) is 1.77. The zero-order chi connectivity index (χ0) is 16.2. The molecule has 0 spiro atoms. The number of carbonyl (C=O) groups is 1. The molecular weight excluding hydrogens is 290 g/mol. The van der Waals surface area contributed by atoms with Crippen LogP contribution in [0.25, 0.3) is 11.0 Å². The highest BCUT2D eigenvalue weighted by atomic mass is 16.5. The van der Waals surface area contributed by atoms with Gasteiger partial charge in [0.05, 0.1) is 23.5 Å². The average Bonchev–Trinajstić information content (AvgIpc) is 3.01. The van der Waals surface area contributed by atoms with Crippen LogP contribution in [0.2, 0.25) is 0 Å². The van der Waals surface area contributed by atoms with E-state index in [-0.39, 0.29) is 12.0 Å². The summed E-state index contributed by atoms with van der Waals surface area (Å²) in [6, 6.07) is 13.1. The molecule has 0 atom stereocenters. The Balaban J connectivity index is 1.61. The largest absolute Gasteiger partial charge is 0.491 e. The maximum Gasteiger partial charge on any atom is 0.251 e. The third-order valence-electron chi connectivity index (χ3n) is 3.43. The predicted molar refractivity (Wildman–Crippen MR) is 89.5 cm³/mol. The Hall–Kier alpha value is -2.82. The van der Waals surface area contributed by atoms with Crippen molar-refractivity contribution in [3.05, 3.63) is 59.9 Å². The monoisotopic (exact) mass is 309 g/mol. The first-order valence-corrected chi connectivity index (χ1v) is 7.59. The van der Waals surface area contributed by atoms with Gasteiger partial charge in [-0.15, -0.1) is 0 Å². The van der Waals surface area contributed by atoms with Gasteiger partial charge in [0.15, 0.2) is 0 Å². The molecule has 1 amide bonds. The maximum atomic E-state index is 12.2. The summed E-state index contributed by atoms with van der Waals surface area (Å²) >= 11 is 0. The van der Waals surface area contributed by atoms with E-state index in [2.05, 4.69) is 15.3 Å². The first-order chi connectivity index (χ1) is 11.1. The molecule has 0 radical (unpaired) electrons. The smallest absolute Gasteiger partial charge is 0.251 e. The molecule has 5 nitrogen and oxygen atoms in total. The van der Waals surface area contributed by atoms with Gasteiger partial charge in [0, 0.05) is 12.1 Å². The lowest BCUT2D eigenvalue weighted by molar-refractivity contribution is 0.0951. The van der Waals surface area contributed by atoms with Gasteiger partial charge in [-0.3, -0.25) is 4.79 Å². The molecule has 0 bridgehead atoms. The zero-order valence-corrected chi connectivity index (χ0v) is 13.2. The van der Waals surface area contributed by atoms with Crippen LogP contribution < -0.4 is 10.1 Å². The fourth-order valence-electron chi connectivity index (χ4n) is 2.32. The van der Waals surface area contributed by atoms with Crippen molar-refractivity contribution in [2.24, 2.45) is 0 Å². The molecular formula is C18H19N3O2. The third-order valence-corrected chi connectivity index (χ3v) is 3.43. The van der Waals surface area contributed by atoms with Crippen LogP contribution in [0.1, 0.15) is 29.8 Å². The van der Waals surface area contributed by atoms with E-state index in [1.54, 1.807) is 18.5 Å². The average molecular weight is 309 g/mol. The molecule has 1 aromatic heterocycles. The number of benzene rings is 2. The second-order valence-electron chi connectivity index (χ2n) is 5.63. The molecule has 0 aliphatic rings. The van der Waals surface area contributed by atoms with Crippen molar-refractivity contribution in [1.29, 1.82) is 0 Å². The van der Waals surface area contributed by atoms with Gasteiger partial charge in [-0.05, 0) is 49.7 Å². The van der Waals surface area contributed by atoms with Gasteiger partial charge in [-0.25, -0.2) is 4.98 Å². The summed E-state index contributed by atoms with van der Waals surface area (Å²) in [5, 5.41) is 2.92. The second kappa shape index (κ2) is 6.52. The molecule has 2 N–H and O–H groups in total. The van der Waals surface area contributed by atoms with Crippen LogP contribution in [-0.4, -0.2) is 22.0 Å². The lowest BCUT2D eigenvalue weighted by Gasteiger charge is -2.10. The third kappa shape index (κ3) is 3.69. The minimum atomic E-state index is -0.107. The number of hydrogen-bond acceptors (Lipinski definition) is 3. The number of nitrogens with zero attached hydrogens (tertiary/aromatic N) is 1. The number of aromatic amines is 1. The van der Waals surface area contributed by atoms with Crippen molar-refractivity contribution in [3.8, 4) is 5.75 Å². The molecule has 3 aromatic rings. The van der Waals surface area contributed by atoms with E-state index in [0.29, 0.717) is 12.1 Å². The number of aromatic nitrogens is 2. The molecule has 0 unspecified atom stereocenters. The van der Waals surface area contributed by atoms with Crippen LogP contribution in [-0.2, 0) is 6.54 Å². The fraction of sp³-hybridized carbons (Fsp3) is 0.222. The summed E-state index contributed by atoms with van der Waals surface area (Å²) in [7, 11) is 0. The number of rotatable bonds is 5. The summed E-state index contributed by atoms with van der Waals surface area (Å²) < 4.78 is 5.60. The fourth-order valence-corrected chi connectivity index (χ4v) is 2.32. The van der Waals surface area contributed by atoms with Crippen LogP contribution in [0.5, 0.6) is 5.75 Å². The Labute approximate surface area is 134 Å². The molecule has 5 heteroatoms. The highest BCUT2D eigenvalue weighted by molar-refractivity contribution is 5.97. The molecule has 2 aromatic carbocycles. The van der Waals surface area contributed by atoms with Crippen molar-refractivity contribution in [3.63, 3.8) is 0 Å². The number of imidazole rings is 1. The van der Waals surface area contributed by atoms with E-state index >= 15 is 0 Å². The van der Waals surface area contributed by atoms with E-state index in [4.69, 9.17) is 4.74 Å². The SMILES string of the molecule is CC(C)Oc1ccc(CNC(=O)c2ccc3nc[nH]c3c2)cc1. The number of H-pyrrole nitrogens is 1. The highest BCUT2D eigenvalue weighted by Crippen LogP contribution is 2.14. The Morgan fingerprint density at radius 3 is 2.74 bits per heavy atom. The summed E-state index contributed by atoms with van der Waals surface area (Å²) in [6.45, 7) is 4.46. The molecule has 1 heterocycles. The first kappa shape index (κ1) is 15.1. The standard InChI is InChI=1S/C18H19N3O2/c1-12(2)23-15-6-3-13(4-7-15)10-19-18(22)14-5-8-16-17(9-14)21-11-20-16/h3-9,11-12H,10H2,1-2H3,(H,19,22)(H,20,21). The normalized spacial score (nSPS) is 10.9. The Morgan fingerprint density at radius 1 is 1.22 bits per heavy atom. The zero-order valence-electron chi connectivity index (χ0n) is 13.2. The predicted octanol–water partition coefficient (Wildman–Crippen LogP) is 3.28. The number of hydrogen-bond donors (Lipinski definition) is 2. The minimum absolute atomic E-state index is 0.107. The molecule has 3 rings (SSSR count). The number of fused-ring (bicyclic) bond motifs is 1. The van der Waals surface area contributed by atoms with E-state index < -0.39 is 0 Å². The minimum Gasteiger partial charge on any atom is -0.491 e. The Morgan fingerprint density at radius 2 is 2.00 bits per heavy atom. The van der Waals surface area contributed by atoms with Crippen molar-refractivity contribution in [2.45, 2.75) is 26.5 Å². The van der Waals surface area contributed by atoms with E-state index in [1.807, 2.05) is 44.2 Å². The Kier molecular flexibility index (Phi) is 4.28. The molecule has 118 valence electrons. The number of ether oxygens (including phenoxy) is 1. The highest BCUT2D eigenvalue weighted by Gasteiger charge is 2.07. The lowest BCUT2D eigenvalue weighted by atomic mass is 10.1. The quantitative estimate of drug-likeness (QED) is 0.760. The van der Waals surface area contributed by atoms with Crippen molar-refractivity contribution in [2.75, 3.05) is 0 Å². The van der Waals surface area contributed by atoms with Gasteiger partial charge >= 0.3 is 0 Å². The van der Waals surface area contributed by atoms with Crippen LogP contribution >= 0.6 is 0 Å². The Bertz CT molecular complexity index is 807. The van der Waals surface area contributed by atoms with Crippen molar-refractivity contribution >= 4 is 16.9 Å². The van der Waals surface area contributed by atoms with Gasteiger partial charge in [0.2, 0.25) is 0 Å². The van der Waals surface area contributed by atoms with Crippen LogP contribution in [0.4, 0.5) is 0 Å². The van der Waals surface area contributed by atoms with Gasteiger partial charge in [0.1, 0.15) is 5.75 Å². The number of amides is 1. The summed E-state index contributed by atoms with van der Waals surface area (Å²) in [5.74, 6) is 0.726. The summed E-state index contributed by atoms with van der Waals surface area (Å²) in [4.78, 5) is 19.4. The van der Waals surface area contributed by atoms with E-state index in [1.165, 1.54) is 0 Å².